The molecule has 2 aromatic heterocycles. The van der Waals surface area contributed by atoms with E-state index in [0.717, 1.165) is 0 Å². The van der Waals surface area contributed by atoms with E-state index in [0.29, 0.717) is 31.9 Å². The molecule has 138 valence electrons. The topological polar surface area (TPSA) is 88.8 Å². The van der Waals surface area contributed by atoms with Crippen molar-refractivity contribution < 1.29 is 23.1 Å². The van der Waals surface area contributed by atoms with Crippen LogP contribution in [0.25, 0.3) is 11.1 Å². The van der Waals surface area contributed by atoms with Gasteiger partial charge in [0.05, 0.1) is 6.20 Å². The molecule has 0 atom stereocenters. The van der Waals surface area contributed by atoms with Crippen molar-refractivity contribution in [3.05, 3.63) is 54.4 Å². The molecule has 2 amide bonds. The predicted molar refractivity (Wildman–Crippen MR) is 91.7 cm³/mol. The summed E-state index contributed by atoms with van der Waals surface area (Å²) in [4.78, 5) is 35.6. The first-order chi connectivity index (χ1) is 13.1. The van der Waals surface area contributed by atoms with Crippen molar-refractivity contribution in [3.8, 4) is 5.75 Å². The Hall–Kier alpha value is -3.49. The average molecular weight is 370 g/mol. The molecule has 3 heterocycles. The summed E-state index contributed by atoms with van der Waals surface area (Å²) < 4.78 is 24.3. The van der Waals surface area contributed by atoms with Gasteiger partial charge in [-0.3, -0.25) is 9.78 Å². The summed E-state index contributed by atoms with van der Waals surface area (Å²) in [5, 5.41) is 0. The molecule has 0 bridgehead atoms. The number of halogens is 1. The van der Waals surface area contributed by atoms with Crippen LogP contribution in [-0.2, 0) is 0 Å². The Balaban J connectivity index is 1.39. The van der Waals surface area contributed by atoms with Crippen molar-refractivity contribution in [1.82, 2.24) is 19.8 Å². The van der Waals surface area contributed by atoms with Gasteiger partial charge >= 0.3 is 12.0 Å². The number of aromatic nitrogens is 2. The zero-order valence-electron chi connectivity index (χ0n) is 14.2. The third kappa shape index (κ3) is 3.43. The van der Waals surface area contributed by atoms with Gasteiger partial charge in [-0.25, -0.2) is 14.2 Å². The number of para-hydroxylation sites is 1. The highest BCUT2D eigenvalue weighted by Gasteiger charge is 2.28. The van der Waals surface area contributed by atoms with E-state index in [1.165, 1.54) is 28.1 Å². The van der Waals surface area contributed by atoms with Gasteiger partial charge in [-0.1, -0.05) is 6.07 Å². The SMILES string of the molecule is O=C(Oc1cccnc1)N1CCN(C(=O)c2nc3c(F)cccc3o2)CC1. The minimum absolute atomic E-state index is 0.0273. The van der Waals surface area contributed by atoms with Gasteiger partial charge in [-0.2, -0.15) is 0 Å². The number of amides is 2. The largest absolute Gasteiger partial charge is 0.432 e. The van der Waals surface area contributed by atoms with E-state index in [2.05, 4.69) is 9.97 Å². The quantitative estimate of drug-likeness (QED) is 0.688. The molecule has 0 spiro atoms. The molecule has 1 aliphatic heterocycles. The fourth-order valence-electron chi connectivity index (χ4n) is 2.81. The highest BCUT2D eigenvalue weighted by molar-refractivity contribution is 5.92. The van der Waals surface area contributed by atoms with Crippen molar-refractivity contribution in [2.75, 3.05) is 26.2 Å². The molecule has 9 heteroatoms. The number of benzene rings is 1. The Labute approximate surface area is 153 Å². The van der Waals surface area contributed by atoms with Gasteiger partial charge in [-0.15, -0.1) is 0 Å². The number of nitrogens with zero attached hydrogens (tertiary/aromatic N) is 4. The fraction of sp³-hybridized carbons (Fsp3) is 0.222. The number of oxazole rings is 1. The van der Waals surface area contributed by atoms with Gasteiger partial charge in [0, 0.05) is 32.4 Å². The second-order valence-electron chi connectivity index (χ2n) is 5.94. The summed E-state index contributed by atoms with van der Waals surface area (Å²) in [7, 11) is 0. The maximum Gasteiger partial charge on any atom is 0.415 e. The molecule has 4 rings (SSSR count). The first-order valence-electron chi connectivity index (χ1n) is 8.33. The van der Waals surface area contributed by atoms with E-state index in [4.69, 9.17) is 9.15 Å². The molecule has 0 radical (unpaired) electrons. The van der Waals surface area contributed by atoms with Gasteiger partial charge < -0.3 is 19.0 Å². The number of fused-ring (bicyclic) bond motifs is 1. The monoisotopic (exact) mass is 370 g/mol. The Kier molecular flexibility index (Phi) is 4.41. The van der Waals surface area contributed by atoms with E-state index >= 15 is 0 Å². The Morgan fingerprint density at radius 1 is 1.07 bits per heavy atom. The van der Waals surface area contributed by atoms with Crippen LogP contribution in [0.15, 0.2) is 47.1 Å². The van der Waals surface area contributed by atoms with Crippen LogP contribution in [0.1, 0.15) is 10.7 Å². The number of rotatable bonds is 2. The van der Waals surface area contributed by atoms with E-state index in [9.17, 15) is 14.0 Å². The number of hydrogen-bond acceptors (Lipinski definition) is 6. The molecule has 0 N–H and O–H groups in total. The van der Waals surface area contributed by atoms with E-state index in [1.807, 2.05) is 0 Å². The normalized spacial score (nSPS) is 14.4. The van der Waals surface area contributed by atoms with Crippen molar-refractivity contribution in [2.24, 2.45) is 0 Å². The highest BCUT2D eigenvalue weighted by atomic mass is 19.1. The molecule has 0 unspecified atom stereocenters. The van der Waals surface area contributed by atoms with Crippen LogP contribution < -0.4 is 4.74 Å². The van der Waals surface area contributed by atoms with Crippen LogP contribution >= 0.6 is 0 Å². The Morgan fingerprint density at radius 2 is 1.85 bits per heavy atom. The van der Waals surface area contributed by atoms with Crippen LogP contribution in [0.2, 0.25) is 0 Å². The minimum Gasteiger partial charge on any atom is -0.432 e. The maximum atomic E-state index is 13.7. The molecule has 1 fully saturated rings. The summed E-state index contributed by atoms with van der Waals surface area (Å²) in [6.45, 7) is 1.20. The second-order valence-corrected chi connectivity index (χ2v) is 5.94. The van der Waals surface area contributed by atoms with Crippen molar-refractivity contribution in [1.29, 1.82) is 0 Å². The molecule has 1 saturated heterocycles. The van der Waals surface area contributed by atoms with Gasteiger partial charge in [0.15, 0.2) is 17.1 Å². The molecule has 1 aliphatic rings. The molecular formula is C18H15FN4O4. The number of pyridine rings is 1. The third-order valence-electron chi connectivity index (χ3n) is 4.22. The van der Waals surface area contributed by atoms with Crippen LogP contribution in [0.4, 0.5) is 9.18 Å². The number of carbonyl (C=O) groups excluding carboxylic acids is 2. The van der Waals surface area contributed by atoms with Crippen LogP contribution in [0.5, 0.6) is 5.75 Å². The van der Waals surface area contributed by atoms with E-state index < -0.39 is 17.8 Å². The lowest BCUT2D eigenvalue weighted by molar-refractivity contribution is 0.0599. The third-order valence-corrected chi connectivity index (χ3v) is 4.22. The van der Waals surface area contributed by atoms with Crippen LogP contribution in [0.3, 0.4) is 0 Å². The molecule has 0 aliphatic carbocycles. The smallest absolute Gasteiger partial charge is 0.415 e. The molecule has 8 nitrogen and oxygen atoms in total. The lowest BCUT2D eigenvalue weighted by Gasteiger charge is -2.33. The average Bonchev–Trinajstić information content (AvgIpc) is 3.14. The van der Waals surface area contributed by atoms with Crippen LogP contribution in [0, 0.1) is 5.82 Å². The standard InChI is InChI=1S/C18H15FN4O4/c19-13-4-1-5-14-15(13)21-16(27-14)17(24)22-7-9-23(10-8-22)18(25)26-12-3-2-6-20-11-12/h1-6,11H,7-10H2. The number of ether oxygens (including phenoxy) is 1. The molecular weight excluding hydrogens is 355 g/mol. The number of piperazine rings is 1. The van der Waals surface area contributed by atoms with Gasteiger partial charge in [-0.05, 0) is 24.3 Å². The van der Waals surface area contributed by atoms with E-state index in [-0.39, 0.29) is 17.0 Å². The van der Waals surface area contributed by atoms with Crippen LogP contribution in [-0.4, -0.2) is 57.9 Å². The zero-order chi connectivity index (χ0) is 18.8. The molecule has 3 aromatic rings. The van der Waals surface area contributed by atoms with Crippen molar-refractivity contribution in [3.63, 3.8) is 0 Å². The van der Waals surface area contributed by atoms with E-state index in [1.54, 1.807) is 24.4 Å². The number of hydrogen-bond donors (Lipinski definition) is 0. The number of carbonyl (C=O) groups is 2. The summed E-state index contributed by atoms with van der Waals surface area (Å²) >= 11 is 0. The highest BCUT2D eigenvalue weighted by Crippen LogP contribution is 2.20. The molecule has 27 heavy (non-hydrogen) atoms. The lowest BCUT2D eigenvalue weighted by atomic mass is 10.3. The van der Waals surface area contributed by atoms with Crippen molar-refractivity contribution in [2.45, 2.75) is 0 Å². The summed E-state index contributed by atoms with van der Waals surface area (Å²) in [6, 6.07) is 7.60. The summed E-state index contributed by atoms with van der Waals surface area (Å²) in [5.74, 6) is -0.792. The fourth-order valence-corrected chi connectivity index (χ4v) is 2.81. The van der Waals surface area contributed by atoms with Gasteiger partial charge in [0.2, 0.25) is 0 Å². The Bertz CT molecular complexity index is 983. The first-order valence-corrected chi connectivity index (χ1v) is 8.33. The second kappa shape index (κ2) is 7.02. The first kappa shape index (κ1) is 17.0. The predicted octanol–water partition coefficient (Wildman–Crippen LogP) is 2.32. The van der Waals surface area contributed by atoms with Gasteiger partial charge in [0.1, 0.15) is 5.52 Å². The van der Waals surface area contributed by atoms with Gasteiger partial charge in [0.25, 0.3) is 5.89 Å². The molecule has 0 saturated carbocycles. The Morgan fingerprint density at radius 3 is 2.56 bits per heavy atom. The summed E-state index contributed by atoms with van der Waals surface area (Å²) in [5.41, 5.74) is 0.247. The summed E-state index contributed by atoms with van der Waals surface area (Å²) in [6.07, 6.45) is 2.53. The zero-order valence-corrected chi connectivity index (χ0v) is 14.2. The molecule has 1 aromatic carbocycles. The lowest BCUT2D eigenvalue weighted by Crippen LogP contribution is -2.51. The maximum absolute atomic E-state index is 13.7. The minimum atomic E-state index is -0.543. The van der Waals surface area contributed by atoms with Crippen molar-refractivity contribution >= 4 is 23.1 Å².